The number of hydrogen-bond acceptors (Lipinski definition) is 3. The third-order valence-corrected chi connectivity index (χ3v) is 4.93. The zero-order valence-corrected chi connectivity index (χ0v) is 17.4. The summed E-state index contributed by atoms with van der Waals surface area (Å²) in [6.07, 6.45) is -4.98. The highest BCUT2D eigenvalue weighted by Crippen LogP contribution is 2.39. The van der Waals surface area contributed by atoms with Gasteiger partial charge in [0.05, 0.1) is 8.95 Å². The molecule has 1 atom stereocenters. The largest absolute Gasteiger partial charge is 0.506 e. The van der Waals surface area contributed by atoms with Gasteiger partial charge in [0, 0.05) is 38.6 Å². The van der Waals surface area contributed by atoms with Gasteiger partial charge < -0.3 is 10.4 Å². The Bertz CT molecular complexity index is 506. The van der Waals surface area contributed by atoms with Crippen molar-refractivity contribution in [3.05, 3.63) is 26.6 Å². The minimum atomic E-state index is -4.17. The van der Waals surface area contributed by atoms with E-state index in [0.29, 0.717) is 22.0 Å². The summed E-state index contributed by atoms with van der Waals surface area (Å²) in [7, 11) is 0. The molecule has 140 valence electrons. The molecule has 24 heavy (non-hydrogen) atoms. The molecular weight excluding hydrogens is 500 g/mol. The van der Waals surface area contributed by atoms with Gasteiger partial charge in [-0.15, -0.1) is 24.8 Å². The Kier molecular flexibility index (Phi) is 10.5. The van der Waals surface area contributed by atoms with E-state index >= 15 is 0 Å². The molecule has 1 aromatic rings. The van der Waals surface area contributed by atoms with Crippen LogP contribution in [0, 0.1) is 0 Å². The molecule has 2 rings (SSSR count). The summed E-state index contributed by atoms with van der Waals surface area (Å²) < 4.78 is 38.8. The van der Waals surface area contributed by atoms with E-state index in [1.54, 1.807) is 12.1 Å². The average Bonchev–Trinajstić information content (AvgIpc) is 2.45. The SMILES string of the molecule is Cl.Cl.Oc1c(Br)cc([C@H](CCC(F)(F)F)N2CCNCC2)cc1Br. The number of hydrogen-bond donors (Lipinski definition) is 2. The Morgan fingerprint density at radius 3 is 2.08 bits per heavy atom. The first-order valence-corrected chi connectivity index (χ1v) is 8.56. The molecule has 0 aliphatic carbocycles. The van der Waals surface area contributed by atoms with Crippen LogP contribution in [0.15, 0.2) is 21.1 Å². The summed E-state index contributed by atoms with van der Waals surface area (Å²) >= 11 is 6.49. The smallest absolute Gasteiger partial charge is 0.389 e. The summed E-state index contributed by atoms with van der Waals surface area (Å²) in [4.78, 5) is 2.06. The standard InChI is InChI=1S/C14H17Br2F3N2O.2ClH/c15-10-7-9(8-11(16)13(10)22)12(1-2-14(17,18)19)21-5-3-20-4-6-21;;/h7-8,12,20,22H,1-6H2;2*1H/t12-;;/m0../s1. The predicted molar refractivity (Wildman–Crippen MR) is 100 cm³/mol. The maximum atomic E-state index is 12.6. The summed E-state index contributed by atoms with van der Waals surface area (Å²) in [5.74, 6) is 0.0543. The number of phenolic OH excluding ortho intramolecular Hbond substituents is 1. The molecule has 0 unspecified atom stereocenters. The molecular formula is C14H19Br2Cl2F3N2O. The Morgan fingerprint density at radius 2 is 1.62 bits per heavy atom. The molecule has 2 N–H and O–H groups in total. The van der Waals surface area contributed by atoms with Crippen LogP contribution in [0.4, 0.5) is 13.2 Å². The summed E-state index contributed by atoms with van der Waals surface area (Å²) in [5.41, 5.74) is 0.766. The Hall–Kier alpha value is 0.270. The van der Waals surface area contributed by atoms with Crippen LogP contribution in [-0.2, 0) is 0 Å². The molecule has 0 bridgehead atoms. The van der Waals surface area contributed by atoms with Crippen LogP contribution in [0.1, 0.15) is 24.4 Å². The van der Waals surface area contributed by atoms with Crippen LogP contribution in [0.25, 0.3) is 0 Å². The van der Waals surface area contributed by atoms with E-state index in [4.69, 9.17) is 0 Å². The number of nitrogens with zero attached hydrogens (tertiary/aromatic N) is 1. The fraction of sp³-hybridized carbons (Fsp3) is 0.571. The number of halogens is 7. The van der Waals surface area contributed by atoms with Gasteiger partial charge in [0.15, 0.2) is 0 Å². The molecule has 10 heteroatoms. The normalized spacial score (nSPS) is 16.9. The topological polar surface area (TPSA) is 35.5 Å². The molecule has 0 spiro atoms. The third-order valence-electron chi connectivity index (χ3n) is 3.72. The van der Waals surface area contributed by atoms with E-state index in [-0.39, 0.29) is 43.0 Å². The molecule has 1 heterocycles. The Labute approximate surface area is 168 Å². The van der Waals surface area contributed by atoms with Crippen LogP contribution in [0.2, 0.25) is 0 Å². The monoisotopic (exact) mass is 516 g/mol. The highest BCUT2D eigenvalue weighted by atomic mass is 79.9. The molecule has 1 aromatic carbocycles. The molecule has 1 aliphatic rings. The lowest BCUT2D eigenvalue weighted by Gasteiger charge is -2.35. The van der Waals surface area contributed by atoms with Crippen molar-refractivity contribution in [3.63, 3.8) is 0 Å². The van der Waals surface area contributed by atoms with E-state index in [9.17, 15) is 18.3 Å². The molecule has 1 fully saturated rings. The maximum absolute atomic E-state index is 12.6. The number of rotatable bonds is 4. The van der Waals surface area contributed by atoms with Gasteiger partial charge in [-0.1, -0.05) is 0 Å². The van der Waals surface area contributed by atoms with Crippen molar-refractivity contribution in [1.29, 1.82) is 0 Å². The van der Waals surface area contributed by atoms with Crippen molar-refractivity contribution in [2.75, 3.05) is 26.2 Å². The van der Waals surface area contributed by atoms with E-state index in [2.05, 4.69) is 42.1 Å². The fourth-order valence-electron chi connectivity index (χ4n) is 2.63. The second-order valence-electron chi connectivity index (χ2n) is 5.29. The number of benzene rings is 1. The molecule has 1 aliphatic heterocycles. The van der Waals surface area contributed by atoms with Crippen molar-refractivity contribution >= 4 is 56.7 Å². The van der Waals surface area contributed by atoms with Gasteiger partial charge >= 0.3 is 6.18 Å². The first-order valence-electron chi connectivity index (χ1n) is 6.97. The van der Waals surface area contributed by atoms with Gasteiger partial charge in [0.2, 0.25) is 0 Å². The summed E-state index contributed by atoms with van der Waals surface area (Å²) in [6.45, 7) is 2.95. The van der Waals surface area contributed by atoms with Gasteiger partial charge in [0.25, 0.3) is 0 Å². The van der Waals surface area contributed by atoms with Gasteiger partial charge in [0.1, 0.15) is 5.75 Å². The van der Waals surface area contributed by atoms with Crippen LogP contribution >= 0.6 is 56.7 Å². The second-order valence-corrected chi connectivity index (χ2v) is 7.00. The Balaban J connectivity index is 0.00000264. The van der Waals surface area contributed by atoms with Gasteiger partial charge in [-0.25, -0.2) is 0 Å². The highest BCUT2D eigenvalue weighted by Gasteiger charge is 2.31. The fourth-order valence-corrected chi connectivity index (χ4v) is 3.85. The first kappa shape index (κ1) is 24.3. The summed E-state index contributed by atoms with van der Waals surface area (Å²) in [5, 5.41) is 13.0. The number of alkyl halides is 3. The number of piperazine rings is 1. The number of phenols is 1. The molecule has 0 amide bonds. The highest BCUT2D eigenvalue weighted by molar-refractivity contribution is 9.11. The van der Waals surface area contributed by atoms with Crippen molar-refractivity contribution in [1.82, 2.24) is 10.2 Å². The lowest BCUT2D eigenvalue weighted by Crippen LogP contribution is -2.45. The molecule has 3 nitrogen and oxygen atoms in total. The zero-order chi connectivity index (χ0) is 16.3. The lowest BCUT2D eigenvalue weighted by molar-refractivity contribution is -0.138. The predicted octanol–water partition coefficient (Wildman–Crippen LogP) is 5.05. The van der Waals surface area contributed by atoms with Crippen LogP contribution in [0.5, 0.6) is 5.75 Å². The maximum Gasteiger partial charge on any atom is 0.389 e. The first-order chi connectivity index (χ1) is 10.3. The van der Waals surface area contributed by atoms with Crippen molar-refractivity contribution in [2.24, 2.45) is 0 Å². The van der Waals surface area contributed by atoms with Crippen LogP contribution in [0.3, 0.4) is 0 Å². The van der Waals surface area contributed by atoms with E-state index < -0.39 is 12.6 Å². The quantitative estimate of drug-likeness (QED) is 0.585. The van der Waals surface area contributed by atoms with E-state index in [1.165, 1.54) is 0 Å². The minimum absolute atomic E-state index is 0. The number of nitrogens with one attached hydrogen (secondary N) is 1. The van der Waals surface area contributed by atoms with Gasteiger partial charge in [-0.2, -0.15) is 13.2 Å². The van der Waals surface area contributed by atoms with E-state index in [1.807, 2.05) is 0 Å². The second kappa shape index (κ2) is 10.4. The molecule has 0 aromatic heterocycles. The molecule has 0 saturated carbocycles. The lowest BCUT2D eigenvalue weighted by atomic mass is 9.99. The molecule has 1 saturated heterocycles. The van der Waals surface area contributed by atoms with Crippen molar-refractivity contribution in [3.8, 4) is 5.75 Å². The van der Waals surface area contributed by atoms with Gasteiger partial charge in [-0.05, 0) is 56.0 Å². The summed E-state index contributed by atoms with van der Waals surface area (Å²) in [6, 6.07) is 3.07. The zero-order valence-electron chi connectivity index (χ0n) is 12.6. The van der Waals surface area contributed by atoms with Crippen LogP contribution < -0.4 is 5.32 Å². The number of aromatic hydroxyl groups is 1. The minimum Gasteiger partial charge on any atom is -0.506 e. The molecule has 0 radical (unpaired) electrons. The van der Waals surface area contributed by atoms with Gasteiger partial charge in [-0.3, -0.25) is 4.90 Å². The third kappa shape index (κ3) is 6.88. The van der Waals surface area contributed by atoms with Crippen molar-refractivity contribution in [2.45, 2.75) is 25.1 Å². The average molecular weight is 519 g/mol. The van der Waals surface area contributed by atoms with E-state index in [0.717, 1.165) is 18.7 Å². The Morgan fingerprint density at radius 1 is 1.12 bits per heavy atom. The van der Waals surface area contributed by atoms with Crippen molar-refractivity contribution < 1.29 is 18.3 Å². The van der Waals surface area contributed by atoms with Crippen LogP contribution in [-0.4, -0.2) is 42.4 Å².